The van der Waals surface area contributed by atoms with E-state index in [1.54, 1.807) is 48.5 Å². The molecule has 0 fully saturated rings. The van der Waals surface area contributed by atoms with E-state index < -0.39 is 11.9 Å². The third-order valence-corrected chi connectivity index (χ3v) is 8.24. The fourth-order valence-electron chi connectivity index (χ4n) is 5.13. The van der Waals surface area contributed by atoms with Gasteiger partial charge in [-0.3, -0.25) is 9.59 Å². The molecule has 0 amide bonds. The summed E-state index contributed by atoms with van der Waals surface area (Å²) < 4.78 is 21.4. The summed E-state index contributed by atoms with van der Waals surface area (Å²) >= 11 is 0. The lowest BCUT2D eigenvalue weighted by Gasteiger charge is -2.07. The van der Waals surface area contributed by atoms with Crippen molar-refractivity contribution in [3.8, 4) is 34.1 Å². The molecule has 0 radical (unpaired) electrons. The van der Waals surface area contributed by atoms with Crippen LogP contribution in [0.25, 0.3) is 22.6 Å². The molecule has 53 heavy (non-hydrogen) atoms. The minimum absolute atomic E-state index is 0.228. The highest BCUT2D eigenvalue weighted by atomic mass is 16.5. The van der Waals surface area contributed by atoms with Gasteiger partial charge in [0, 0.05) is 28.3 Å². The number of rotatable bonds is 18. The first-order chi connectivity index (χ1) is 25.7. The molecule has 10 heteroatoms. The zero-order valence-corrected chi connectivity index (χ0v) is 30.3. The van der Waals surface area contributed by atoms with Crippen LogP contribution in [0.15, 0.2) is 108 Å². The van der Waals surface area contributed by atoms with Crippen molar-refractivity contribution < 1.29 is 43.0 Å². The topological polar surface area (TPSA) is 142 Å². The Kier molecular flexibility index (Phi) is 15.5. The lowest BCUT2D eigenvalue weighted by atomic mass is 10.0. The number of ether oxygens (including phenoxy) is 3. The van der Waals surface area contributed by atoms with Crippen LogP contribution in [-0.4, -0.2) is 54.1 Å². The maximum absolute atomic E-state index is 12.3. The van der Waals surface area contributed by atoms with Crippen LogP contribution in [-0.2, 0) is 4.74 Å². The zero-order valence-electron chi connectivity index (χ0n) is 30.3. The maximum atomic E-state index is 12.3. The third kappa shape index (κ3) is 12.3. The molecule has 0 unspecified atom stereocenters. The van der Waals surface area contributed by atoms with Gasteiger partial charge in [0.1, 0.15) is 17.2 Å². The van der Waals surface area contributed by atoms with Gasteiger partial charge >= 0.3 is 11.9 Å². The monoisotopic (exact) mass is 719 g/mol. The van der Waals surface area contributed by atoms with Crippen molar-refractivity contribution >= 4 is 23.5 Å². The third-order valence-electron chi connectivity index (χ3n) is 8.24. The van der Waals surface area contributed by atoms with Gasteiger partial charge in [-0.15, -0.1) is 0 Å². The number of methoxy groups -OCH3 is 1. The van der Waals surface area contributed by atoms with Crippen LogP contribution in [0.5, 0.6) is 11.5 Å². The number of hydrogen-bond donors (Lipinski definition) is 1. The van der Waals surface area contributed by atoms with E-state index >= 15 is 0 Å². The largest absolute Gasteiger partial charge is 0.494 e. The Labute approximate surface area is 309 Å². The van der Waals surface area contributed by atoms with Gasteiger partial charge in [-0.25, -0.2) is 9.59 Å². The molecule has 276 valence electrons. The van der Waals surface area contributed by atoms with E-state index in [1.807, 2.05) is 30.3 Å². The smallest absolute Gasteiger partial charge is 0.337 e. The van der Waals surface area contributed by atoms with Crippen molar-refractivity contribution in [1.82, 2.24) is 5.16 Å². The summed E-state index contributed by atoms with van der Waals surface area (Å²) in [5, 5.41) is 13.0. The molecule has 0 spiro atoms. The molecule has 10 nitrogen and oxygen atoms in total. The summed E-state index contributed by atoms with van der Waals surface area (Å²) in [6.07, 6.45) is 6.44. The number of ketones is 2. The minimum Gasteiger partial charge on any atom is -0.494 e. The second-order valence-corrected chi connectivity index (χ2v) is 12.2. The number of nitrogens with zero attached hydrogens (tertiary/aromatic N) is 1. The number of carbonyl (C=O) groups excluding carboxylic acids is 3. The molecule has 0 aliphatic heterocycles. The number of unbranched alkanes of at least 4 members (excludes halogenated alkanes) is 4. The molecule has 5 aromatic rings. The lowest BCUT2D eigenvalue weighted by molar-refractivity contribution is 0.0599. The molecule has 0 aliphatic carbocycles. The highest BCUT2D eigenvalue weighted by Gasteiger charge is 2.15. The van der Waals surface area contributed by atoms with Crippen molar-refractivity contribution in [2.24, 2.45) is 0 Å². The summed E-state index contributed by atoms with van der Waals surface area (Å²) in [7, 11) is 1.29. The van der Waals surface area contributed by atoms with E-state index in [2.05, 4.69) is 23.7 Å². The van der Waals surface area contributed by atoms with E-state index in [1.165, 1.54) is 44.2 Å². The maximum Gasteiger partial charge on any atom is 0.337 e. The second kappa shape index (κ2) is 20.7. The van der Waals surface area contributed by atoms with E-state index in [0.717, 1.165) is 49.2 Å². The van der Waals surface area contributed by atoms with Crippen molar-refractivity contribution in [2.45, 2.75) is 58.8 Å². The average molecular weight is 720 g/mol. The fraction of sp³-hybridized carbons (Fsp3) is 0.279. The number of esters is 1. The van der Waals surface area contributed by atoms with Crippen LogP contribution in [0.2, 0.25) is 0 Å². The van der Waals surface area contributed by atoms with Gasteiger partial charge in [-0.1, -0.05) is 69.0 Å². The number of aromatic nitrogens is 1. The number of aromatic carboxylic acids is 1. The number of hydrogen-bond acceptors (Lipinski definition) is 9. The Hall–Kier alpha value is -6.03. The van der Waals surface area contributed by atoms with E-state index in [-0.39, 0.29) is 23.6 Å². The van der Waals surface area contributed by atoms with Crippen LogP contribution in [0.3, 0.4) is 0 Å². The zero-order chi connectivity index (χ0) is 38.0. The lowest BCUT2D eigenvalue weighted by Crippen LogP contribution is -2.09. The van der Waals surface area contributed by atoms with Gasteiger partial charge in [0.25, 0.3) is 0 Å². The first-order valence-electron chi connectivity index (χ1n) is 17.7. The fourth-order valence-corrected chi connectivity index (χ4v) is 5.13. The molecule has 1 heterocycles. The number of carboxylic acids is 1. The number of Topliss-reactive ketones (excluding diaryl/α,β-unsaturated/α-hetero) is 2. The molecular weight excluding hydrogens is 674 g/mol. The highest BCUT2D eigenvalue weighted by Crippen LogP contribution is 2.28. The first-order valence-corrected chi connectivity index (χ1v) is 17.7. The van der Waals surface area contributed by atoms with Crippen molar-refractivity contribution in [1.29, 1.82) is 0 Å². The first kappa shape index (κ1) is 39.8. The summed E-state index contributed by atoms with van der Waals surface area (Å²) in [5.74, 6) is 0.239. The van der Waals surface area contributed by atoms with Crippen LogP contribution in [0.1, 0.15) is 100 Å². The molecular formula is C43H45NO9. The van der Waals surface area contributed by atoms with E-state index in [4.69, 9.17) is 19.1 Å². The van der Waals surface area contributed by atoms with Crippen molar-refractivity contribution in [2.75, 3.05) is 20.3 Å². The Bertz CT molecular complexity index is 1910. The summed E-state index contributed by atoms with van der Waals surface area (Å²) in [4.78, 5) is 46.9. The normalized spacial score (nSPS) is 10.5. The average Bonchev–Trinajstić information content (AvgIpc) is 3.69. The molecule has 0 bridgehead atoms. The Morgan fingerprint density at radius 1 is 0.604 bits per heavy atom. The number of carbonyl (C=O) groups is 4. The SMILES string of the molecule is CCCCCOc1ccc(-c2cc(-c3ccc(C(=O)O)cc3)no2)cc1.CCCCCOc1ccc(C(=O)CC(=O)c2ccc(C(=O)OC)cc2)cc1. The van der Waals surface area contributed by atoms with Gasteiger partial charge in [0.15, 0.2) is 17.3 Å². The summed E-state index contributed by atoms with van der Waals surface area (Å²) in [6, 6.07) is 29.0. The van der Waals surface area contributed by atoms with Gasteiger partial charge in [-0.05, 0) is 85.6 Å². The molecule has 1 aromatic heterocycles. The number of carboxylic acid groups (broad SMARTS) is 1. The molecule has 4 aromatic carbocycles. The molecule has 0 atom stereocenters. The second-order valence-electron chi connectivity index (χ2n) is 12.2. The minimum atomic E-state index is -0.950. The molecule has 5 rings (SSSR count). The number of benzene rings is 4. The van der Waals surface area contributed by atoms with Crippen molar-refractivity contribution in [3.05, 3.63) is 125 Å². The summed E-state index contributed by atoms with van der Waals surface area (Å²) in [6.45, 7) is 5.68. The van der Waals surface area contributed by atoms with Crippen LogP contribution < -0.4 is 9.47 Å². The quantitative estimate of drug-likeness (QED) is 0.0402. The predicted molar refractivity (Wildman–Crippen MR) is 202 cm³/mol. The van der Waals surface area contributed by atoms with Crippen LogP contribution in [0.4, 0.5) is 0 Å². The summed E-state index contributed by atoms with van der Waals surface area (Å²) in [5.41, 5.74) is 3.83. The molecule has 1 N–H and O–H groups in total. The van der Waals surface area contributed by atoms with Gasteiger partial charge in [-0.2, -0.15) is 0 Å². The predicted octanol–water partition coefficient (Wildman–Crippen LogP) is 9.77. The van der Waals surface area contributed by atoms with Gasteiger partial charge in [0.2, 0.25) is 0 Å². The Balaban J connectivity index is 0.000000237. The van der Waals surface area contributed by atoms with E-state index in [0.29, 0.717) is 40.5 Å². The molecule has 0 saturated heterocycles. The van der Waals surface area contributed by atoms with E-state index in [9.17, 15) is 19.2 Å². The standard InChI is InChI=1S/C22H24O5.C21H21NO4/c1-3-4-5-14-27-19-12-10-17(11-13-19)21(24)15-20(23)16-6-8-18(9-7-16)22(25)26-2;1-2-3-4-13-25-18-11-9-16(10-12-18)20-14-19(22-26-20)15-5-7-17(8-6-15)21(23)24/h6-13H,3-5,14-15H2,1-2H3;5-12,14H,2-4,13H2,1H3,(H,23,24). The Morgan fingerprint density at radius 2 is 1.06 bits per heavy atom. The van der Waals surface area contributed by atoms with Crippen LogP contribution in [0, 0.1) is 0 Å². The Morgan fingerprint density at radius 3 is 1.55 bits per heavy atom. The molecule has 0 saturated carbocycles. The van der Waals surface area contributed by atoms with Crippen LogP contribution >= 0.6 is 0 Å². The van der Waals surface area contributed by atoms with Gasteiger partial charge < -0.3 is 23.8 Å². The van der Waals surface area contributed by atoms with Crippen molar-refractivity contribution in [3.63, 3.8) is 0 Å². The van der Waals surface area contributed by atoms with Gasteiger partial charge in [0.05, 0.1) is 37.9 Å². The highest BCUT2D eigenvalue weighted by molar-refractivity contribution is 6.13. The molecule has 0 aliphatic rings.